The van der Waals surface area contributed by atoms with Crippen molar-refractivity contribution in [1.82, 2.24) is 24.5 Å². The van der Waals surface area contributed by atoms with Crippen LogP contribution in [0.25, 0.3) is 22.3 Å². The van der Waals surface area contributed by atoms with E-state index >= 15 is 0 Å². The van der Waals surface area contributed by atoms with E-state index in [2.05, 4.69) is 86.1 Å². The summed E-state index contributed by atoms with van der Waals surface area (Å²) in [5, 5.41) is 4.63. The van der Waals surface area contributed by atoms with Gasteiger partial charge in [-0.05, 0) is 46.9 Å². The number of anilines is 1. The molecule has 6 rings (SSSR count). The van der Waals surface area contributed by atoms with E-state index in [9.17, 15) is 0 Å². The van der Waals surface area contributed by atoms with Crippen molar-refractivity contribution in [2.24, 2.45) is 5.92 Å². The minimum atomic E-state index is 0.0378. The van der Waals surface area contributed by atoms with E-state index in [0.29, 0.717) is 19.1 Å². The molecule has 0 saturated heterocycles. The summed E-state index contributed by atoms with van der Waals surface area (Å²) in [6, 6.07) is 16.8. The van der Waals surface area contributed by atoms with E-state index < -0.39 is 0 Å². The highest BCUT2D eigenvalue weighted by Crippen LogP contribution is 2.37. The third-order valence-corrected chi connectivity index (χ3v) is 6.47. The minimum Gasteiger partial charge on any atom is -0.486 e. The lowest BCUT2D eigenvalue weighted by atomic mass is 9.95. The van der Waals surface area contributed by atoms with Crippen molar-refractivity contribution in [3.05, 3.63) is 84.7 Å². The second-order valence-corrected chi connectivity index (χ2v) is 9.37. The maximum Gasteiger partial charge on any atom is 0.161 e. The molecule has 0 spiro atoms. The lowest BCUT2D eigenvalue weighted by Crippen LogP contribution is -2.19. The number of H-pyrrole nitrogens is 1. The SMILES string of the molecule is CC(C)[C@@H](Nc1ncnc2[nH]c(-c3cccc(Cn4ccnc4)c3)cc12)c1ccc2c(c1)OCCO2. The Bertz CT molecular complexity index is 1490. The number of rotatable bonds is 7. The molecule has 8 heteroatoms. The average Bonchev–Trinajstić information content (AvgIpc) is 3.57. The Kier molecular flexibility index (Phi) is 5.77. The quantitative estimate of drug-likeness (QED) is 0.322. The number of imidazole rings is 1. The standard InChI is InChI=1S/C28H28N6O2/c1-18(2)26(21-6-7-24-25(13-21)36-11-10-35-24)33-28-22-14-23(32-27(22)30-16-31-28)20-5-3-4-19(12-20)15-34-9-8-29-17-34/h3-9,12-14,16-18,26H,10-11,15H2,1-2H3,(H2,30,31,32,33)/t26-/m1/s1. The Labute approximate surface area is 209 Å². The van der Waals surface area contributed by atoms with E-state index in [0.717, 1.165) is 51.7 Å². The highest BCUT2D eigenvalue weighted by Gasteiger charge is 2.21. The number of hydrogen-bond acceptors (Lipinski definition) is 6. The number of aromatic amines is 1. The molecule has 5 aromatic rings. The van der Waals surface area contributed by atoms with Crippen molar-refractivity contribution in [2.75, 3.05) is 18.5 Å². The van der Waals surface area contributed by atoms with Gasteiger partial charge in [-0.2, -0.15) is 0 Å². The van der Waals surface area contributed by atoms with Gasteiger partial charge in [0.05, 0.1) is 17.8 Å². The molecule has 3 aromatic heterocycles. The summed E-state index contributed by atoms with van der Waals surface area (Å²) in [6.07, 6.45) is 7.19. The van der Waals surface area contributed by atoms with Crippen LogP contribution in [0.3, 0.4) is 0 Å². The molecule has 4 heterocycles. The molecule has 2 N–H and O–H groups in total. The first-order chi connectivity index (χ1) is 17.6. The van der Waals surface area contributed by atoms with Crippen LogP contribution in [-0.4, -0.2) is 37.7 Å². The number of hydrogen-bond donors (Lipinski definition) is 2. The number of ether oxygens (including phenoxy) is 2. The molecular formula is C28H28N6O2. The Morgan fingerprint density at radius 1 is 1.03 bits per heavy atom. The van der Waals surface area contributed by atoms with Gasteiger partial charge in [0, 0.05) is 24.6 Å². The topological polar surface area (TPSA) is 89.9 Å². The van der Waals surface area contributed by atoms with Gasteiger partial charge in [0.2, 0.25) is 0 Å². The van der Waals surface area contributed by atoms with Crippen LogP contribution in [0, 0.1) is 5.92 Å². The first-order valence-electron chi connectivity index (χ1n) is 12.2. The first-order valence-corrected chi connectivity index (χ1v) is 12.2. The number of nitrogens with zero attached hydrogens (tertiary/aromatic N) is 4. The lowest BCUT2D eigenvalue weighted by Gasteiger charge is -2.26. The Balaban J connectivity index is 1.31. The third kappa shape index (κ3) is 4.37. The Morgan fingerprint density at radius 3 is 2.75 bits per heavy atom. The van der Waals surface area contributed by atoms with Gasteiger partial charge < -0.3 is 24.3 Å². The molecule has 0 radical (unpaired) electrons. The summed E-state index contributed by atoms with van der Waals surface area (Å²) in [6.45, 7) is 6.31. The van der Waals surface area contributed by atoms with E-state index in [1.807, 2.05) is 18.6 Å². The summed E-state index contributed by atoms with van der Waals surface area (Å²) in [5.41, 5.74) is 5.23. The van der Waals surface area contributed by atoms with Crippen molar-refractivity contribution in [2.45, 2.75) is 26.4 Å². The summed E-state index contributed by atoms with van der Waals surface area (Å²) in [4.78, 5) is 16.7. The van der Waals surface area contributed by atoms with Crippen LogP contribution in [-0.2, 0) is 6.54 Å². The molecule has 0 amide bonds. The van der Waals surface area contributed by atoms with Gasteiger partial charge in [-0.25, -0.2) is 15.0 Å². The van der Waals surface area contributed by atoms with E-state index in [1.165, 1.54) is 5.56 Å². The van der Waals surface area contributed by atoms with Crippen LogP contribution >= 0.6 is 0 Å². The Hall–Kier alpha value is -4.33. The average molecular weight is 481 g/mol. The predicted molar refractivity (Wildman–Crippen MR) is 139 cm³/mol. The molecule has 1 aliphatic heterocycles. The number of aromatic nitrogens is 5. The zero-order valence-electron chi connectivity index (χ0n) is 20.3. The first kappa shape index (κ1) is 22.2. The van der Waals surface area contributed by atoms with Crippen molar-refractivity contribution >= 4 is 16.9 Å². The van der Waals surface area contributed by atoms with Gasteiger partial charge in [-0.15, -0.1) is 0 Å². The second-order valence-electron chi connectivity index (χ2n) is 9.37. The molecule has 0 aliphatic carbocycles. The van der Waals surface area contributed by atoms with Crippen LogP contribution < -0.4 is 14.8 Å². The summed E-state index contributed by atoms with van der Waals surface area (Å²) >= 11 is 0. The summed E-state index contributed by atoms with van der Waals surface area (Å²) < 4.78 is 13.6. The third-order valence-electron chi connectivity index (χ3n) is 6.47. The molecule has 2 aromatic carbocycles. The molecule has 1 aliphatic rings. The van der Waals surface area contributed by atoms with Crippen LogP contribution in [0.5, 0.6) is 11.5 Å². The molecular weight excluding hydrogens is 452 g/mol. The van der Waals surface area contributed by atoms with Crippen molar-refractivity contribution in [3.63, 3.8) is 0 Å². The van der Waals surface area contributed by atoms with Gasteiger partial charge in [0.1, 0.15) is 31.0 Å². The molecule has 0 bridgehead atoms. The maximum atomic E-state index is 5.82. The molecule has 1 atom stereocenters. The maximum absolute atomic E-state index is 5.82. The normalized spacial score (nSPS) is 13.8. The zero-order chi connectivity index (χ0) is 24.5. The molecule has 8 nitrogen and oxygen atoms in total. The summed E-state index contributed by atoms with van der Waals surface area (Å²) in [5.74, 6) is 2.70. The predicted octanol–water partition coefficient (Wildman–Crippen LogP) is 5.45. The zero-order valence-corrected chi connectivity index (χ0v) is 20.3. The highest BCUT2D eigenvalue weighted by molar-refractivity contribution is 5.91. The van der Waals surface area contributed by atoms with E-state index in [4.69, 9.17) is 9.47 Å². The second kappa shape index (κ2) is 9.37. The van der Waals surface area contributed by atoms with Crippen LogP contribution in [0.15, 0.2) is 73.6 Å². The van der Waals surface area contributed by atoms with E-state index in [-0.39, 0.29) is 6.04 Å². The fourth-order valence-electron chi connectivity index (χ4n) is 4.67. The molecule has 36 heavy (non-hydrogen) atoms. The fourth-order valence-corrected chi connectivity index (χ4v) is 4.67. The molecule has 182 valence electrons. The monoisotopic (exact) mass is 480 g/mol. The fraction of sp³-hybridized carbons (Fsp3) is 0.250. The van der Waals surface area contributed by atoms with Crippen molar-refractivity contribution in [3.8, 4) is 22.8 Å². The van der Waals surface area contributed by atoms with Crippen LogP contribution in [0.1, 0.15) is 31.0 Å². The van der Waals surface area contributed by atoms with Gasteiger partial charge >= 0.3 is 0 Å². The molecule has 0 saturated carbocycles. The van der Waals surface area contributed by atoms with Crippen molar-refractivity contribution < 1.29 is 9.47 Å². The number of fused-ring (bicyclic) bond motifs is 2. The summed E-state index contributed by atoms with van der Waals surface area (Å²) in [7, 11) is 0. The number of benzene rings is 2. The molecule has 0 fully saturated rings. The molecule has 0 unspecified atom stereocenters. The highest BCUT2D eigenvalue weighted by atomic mass is 16.6. The van der Waals surface area contributed by atoms with Gasteiger partial charge in [0.25, 0.3) is 0 Å². The van der Waals surface area contributed by atoms with Gasteiger partial charge in [-0.3, -0.25) is 0 Å². The van der Waals surface area contributed by atoms with Crippen LogP contribution in [0.4, 0.5) is 5.82 Å². The van der Waals surface area contributed by atoms with Crippen LogP contribution in [0.2, 0.25) is 0 Å². The number of nitrogens with one attached hydrogen (secondary N) is 2. The van der Waals surface area contributed by atoms with Crippen molar-refractivity contribution in [1.29, 1.82) is 0 Å². The van der Waals surface area contributed by atoms with E-state index in [1.54, 1.807) is 12.5 Å². The lowest BCUT2D eigenvalue weighted by molar-refractivity contribution is 0.171. The minimum absolute atomic E-state index is 0.0378. The van der Waals surface area contributed by atoms with Gasteiger partial charge in [0.15, 0.2) is 11.5 Å². The van der Waals surface area contributed by atoms with Gasteiger partial charge in [-0.1, -0.05) is 38.1 Å². The largest absolute Gasteiger partial charge is 0.486 e. The smallest absolute Gasteiger partial charge is 0.161 e. The Morgan fingerprint density at radius 2 is 1.92 bits per heavy atom.